The molecule has 0 bridgehead atoms. The number of hydrogen-bond acceptors (Lipinski definition) is 0. The quantitative estimate of drug-likeness (QED) is 0.589. The highest BCUT2D eigenvalue weighted by atomic mass is 28.3. The number of hydrogen-bond donors (Lipinski definition) is 0. The van der Waals surface area contributed by atoms with Gasteiger partial charge >= 0.3 is 0 Å². The molecular formula is C10H24Si2. The van der Waals surface area contributed by atoms with Crippen LogP contribution in [0.4, 0.5) is 0 Å². The standard InChI is InChI=1S/2C5H12Si/c2*1-5-6(2,3)4/h2*5H,1H2,2-4H3. The maximum absolute atomic E-state index is 3.69. The largest absolute Gasteiger partial charge is 0.107 e. The van der Waals surface area contributed by atoms with Crippen molar-refractivity contribution in [1.82, 2.24) is 0 Å². The molecule has 0 aliphatic rings. The Morgan fingerprint density at radius 3 is 0.750 bits per heavy atom. The maximum atomic E-state index is 3.69. The molecule has 0 aromatic heterocycles. The highest BCUT2D eigenvalue weighted by Crippen LogP contribution is 1.98. The Kier molecular flexibility index (Phi) is 6.67. The van der Waals surface area contributed by atoms with Crippen molar-refractivity contribution in [3.8, 4) is 0 Å². The molecule has 0 spiro atoms. The van der Waals surface area contributed by atoms with Gasteiger partial charge in [-0.3, -0.25) is 0 Å². The lowest BCUT2D eigenvalue weighted by Crippen LogP contribution is -2.14. The van der Waals surface area contributed by atoms with Gasteiger partial charge in [-0.25, -0.2) is 0 Å². The van der Waals surface area contributed by atoms with Crippen molar-refractivity contribution in [3.05, 3.63) is 24.6 Å². The first kappa shape index (κ1) is 14.4. The van der Waals surface area contributed by atoms with Crippen LogP contribution in [0.3, 0.4) is 0 Å². The molecule has 2 heteroatoms. The average Bonchev–Trinajstić information content (AvgIpc) is 1.86. The molecule has 0 saturated carbocycles. The smallest absolute Gasteiger partial charge is 0.0679 e. The highest BCUT2D eigenvalue weighted by molar-refractivity contribution is 6.81. The molecular weight excluding hydrogens is 176 g/mol. The van der Waals surface area contributed by atoms with Crippen molar-refractivity contribution in [2.75, 3.05) is 0 Å². The van der Waals surface area contributed by atoms with Crippen molar-refractivity contribution < 1.29 is 0 Å². The molecule has 0 aromatic rings. The van der Waals surface area contributed by atoms with Crippen molar-refractivity contribution in [1.29, 1.82) is 0 Å². The summed E-state index contributed by atoms with van der Waals surface area (Å²) >= 11 is 0. The molecule has 0 rings (SSSR count). The summed E-state index contributed by atoms with van der Waals surface area (Å²) in [4.78, 5) is 0. The van der Waals surface area contributed by atoms with Crippen LogP contribution < -0.4 is 0 Å². The van der Waals surface area contributed by atoms with Crippen LogP contribution in [0, 0.1) is 0 Å². The fourth-order valence-corrected chi connectivity index (χ4v) is 0. The fraction of sp³-hybridized carbons (Fsp3) is 0.600. The second-order valence-electron chi connectivity index (χ2n) is 5.14. The predicted octanol–water partition coefficient (Wildman–Crippen LogP) is 4.10. The third-order valence-corrected chi connectivity index (χ3v) is 3.67. The third kappa shape index (κ3) is 22.5. The molecule has 12 heavy (non-hydrogen) atoms. The molecule has 0 atom stereocenters. The molecule has 0 aliphatic heterocycles. The monoisotopic (exact) mass is 200 g/mol. The van der Waals surface area contributed by atoms with E-state index in [0.717, 1.165) is 0 Å². The Morgan fingerprint density at radius 2 is 0.750 bits per heavy atom. The van der Waals surface area contributed by atoms with E-state index < -0.39 is 16.1 Å². The summed E-state index contributed by atoms with van der Waals surface area (Å²) in [5.74, 6) is 0. The normalized spacial score (nSPS) is 11.2. The van der Waals surface area contributed by atoms with Gasteiger partial charge in [-0.2, -0.15) is 0 Å². The lowest BCUT2D eigenvalue weighted by molar-refractivity contribution is 1.78. The zero-order valence-corrected chi connectivity index (χ0v) is 11.6. The molecule has 0 fully saturated rings. The van der Waals surface area contributed by atoms with E-state index in [1.807, 2.05) is 0 Å². The number of rotatable bonds is 2. The third-order valence-electron chi connectivity index (χ3n) is 1.22. The van der Waals surface area contributed by atoms with Gasteiger partial charge in [0.15, 0.2) is 0 Å². The maximum Gasteiger partial charge on any atom is 0.0679 e. The van der Waals surface area contributed by atoms with Crippen LogP contribution in [0.15, 0.2) is 24.6 Å². The van der Waals surface area contributed by atoms with Crippen LogP contribution in [0.5, 0.6) is 0 Å². The first-order valence-electron chi connectivity index (χ1n) is 4.39. The molecule has 0 heterocycles. The topological polar surface area (TPSA) is 0 Å². The molecule has 72 valence electrons. The Labute approximate surface area is 80.4 Å². The van der Waals surface area contributed by atoms with Crippen LogP contribution in [-0.2, 0) is 0 Å². The van der Waals surface area contributed by atoms with E-state index in [4.69, 9.17) is 0 Å². The van der Waals surface area contributed by atoms with Gasteiger partial charge in [-0.05, 0) is 0 Å². The Bertz CT molecular complexity index is 117. The van der Waals surface area contributed by atoms with E-state index >= 15 is 0 Å². The zero-order valence-electron chi connectivity index (χ0n) is 9.57. The Balaban J connectivity index is 0. The molecule has 0 unspecified atom stereocenters. The summed E-state index contributed by atoms with van der Waals surface area (Å²) in [7, 11) is -1.73. The van der Waals surface area contributed by atoms with Gasteiger partial charge in [0, 0.05) is 0 Å². The van der Waals surface area contributed by atoms with E-state index in [2.05, 4.69) is 63.8 Å². The molecule has 0 aliphatic carbocycles. The van der Waals surface area contributed by atoms with Gasteiger partial charge < -0.3 is 0 Å². The van der Waals surface area contributed by atoms with E-state index in [1.54, 1.807) is 0 Å². The van der Waals surface area contributed by atoms with Crippen LogP contribution in [-0.4, -0.2) is 16.1 Å². The molecule has 0 nitrogen and oxygen atoms in total. The van der Waals surface area contributed by atoms with Crippen LogP contribution in [0.2, 0.25) is 39.3 Å². The summed E-state index contributed by atoms with van der Waals surface area (Å²) in [5, 5.41) is 0. The van der Waals surface area contributed by atoms with E-state index in [1.165, 1.54) is 0 Å². The van der Waals surface area contributed by atoms with Gasteiger partial charge in [0.05, 0.1) is 16.1 Å². The van der Waals surface area contributed by atoms with Crippen LogP contribution >= 0.6 is 0 Å². The molecule has 0 aromatic carbocycles. The molecule has 0 N–H and O–H groups in total. The van der Waals surface area contributed by atoms with E-state index in [0.29, 0.717) is 0 Å². The average molecular weight is 200 g/mol. The summed E-state index contributed by atoms with van der Waals surface area (Å²) in [6.07, 6.45) is 0. The lowest BCUT2D eigenvalue weighted by Gasteiger charge is -2.04. The van der Waals surface area contributed by atoms with Crippen LogP contribution in [0.25, 0.3) is 0 Å². The van der Waals surface area contributed by atoms with Crippen molar-refractivity contribution in [3.63, 3.8) is 0 Å². The highest BCUT2D eigenvalue weighted by Gasteiger charge is 2.03. The minimum Gasteiger partial charge on any atom is -0.107 e. The molecule has 0 saturated heterocycles. The van der Waals surface area contributed by atoms with Gasteiger partial charge in [-0.15, -0.1) is 24.6 Å². The van der Waals surface area contributed by atoms with Crippen molar-refractivity contribution >= 4 is 16.1 Å². The van der Waals surface area contributed by atoms with E-state index in [9.17, 15) is 0 Å². The summed E-state index contributed by atoms with van der Waals surface area (Å²) in [6, 6.07) is 0. The van der Waals surface area contributed by atoms with Gasteiger partial charge in [0.1, 0.15) is 0 Å². The fourth-order valence-electron chi connectivity index (χ4n) is 0. The zero-order chi connectivity index (χ0) is 10.4. The SMILES string of the molecule is C=C[Si](C)(C)C.C=C[Si](C)(C)C. The first-order chi connectivity index (χ1) is 5.12. The Hall–Kier alpha value is -0.0862. The predicted molar refractivity (Wildman–Crippen MR) is 67.1 cm³/mol. The second kappa shape index (κ2) is 5.54. The van der Waals surface area contributed by atoms with Crippen LogP contribution in [0.1, 0.15) is 0 Å². The minimum absolute atomic E-state index is 0.867. The first-order valence-corrected chi connectivity index (χ1v) is 11.5. The summed E-state index contributed by atoms with van der Waals surface area (Å²) < 4.78 is 0. The van der Waals surface area contributed by atoms with Gasteiger partial charge in [0.2, 0.25) is 0 Å². The second-order valence-corrected chi connectivity index (χ2v) is 15.4. The Morgan fingerprint density at radius 1 is 0.667 bits per heavy atom. The lowest BCUT2D eigenvalue weighted by atomic mass is 11.3. The van der Waals surface area contributed by atoms with Gasteiger partial charge in [0.25, 0.3) is 0 Å². The summed E-state index contributed by atoms with van der Waals surface area (Å²) in [5.41, 5.74) is 4.15. The molecule has 0 radical (unpaired) electrons. The van der Waals surface area contributed by atoms with Crippen molar-refractivity contribution in [2.45, 2.75) is 39.3 Å². The van der Waals surface area contributed by atoms with Gasteiger partial charge in [-0.1, -0.05) is 39.3 Å². The van der Waals surface area contributed by atoms with E-state index in [-0.39, 0.29) is 0 Å². The minimum atomic E-state index is -0.867. The molecule has 0 amide bonds. The summed E-state index contributed by atoms with van der Waals surface area (Å²) in [6.45, 7) is 21.0. The van der Waals surface area contributed by atoms with Crippen molar-refractivity contribution in [2.24, 2.45) is 0 Å².